The van der Waals surface area contributed by atoms with Gasteiger partial charge in [-0.05, 0) is 42.0 Å². The van der Waals surface area contributed by atoms with Crippen molar-refractivity contribution in [3.8, 4) is 0 Å². The normalized spacial score (nSPS) is 14.6. The fourth-order valence-electron chi connectivity index (χ4n) is 4.22. The van der Waals surface area contributed by atoms with Crippen molar-refractivity contribution >= 4 is 23.5 Å². The summed E-state index contributed by atoms with van der Waals surface area (Å²) in [6, 6.07) is 15.7. The molecule has 0 radical (unpaired) electrons. The van der Waals surface area contributed by atoms with Crippen LogP contribution in [0.25, 0.3) is 0 Å². The van der Waals surface area contributed by atoms with Crippen LogP contribution < -0.4 is 15.5 Å². The number of carbonyl (C=O) groups is 3. The zero-order chi connectivity index (χ0) is 21.6. The Labute approximate surface area is 182 Å². The quantitative estimate of drug-likeness (QED) is 0.704. The molecule has 2 aliphatic heterocycles. The Morgan fingerprint density at radius 3 is 2.35 bits per heavy atom. The fraction of sp³-hybridized carbons (Fsp3) is 0.375. The van der Waals surface area contributed by atoms with Crippen LogP contribution in [0.2, 0.25) is 0 Å². The first-order valence-corrected chi connectivity index (χ1v) is 10.9. The molecular weight excluding hydrogens is 392 g/mol. The van der Waals surface area contributed by atoms with Gasteiger partial charge in [-0.25, -0.2) is 4.79 Å². The minimum Gasteiger partial charge on any atom is -0.338 e. The van der Waals surface area contributed by atoms with Crippen LogP contribution in [0.1, 0.15) is 29.5 Å². The van der Waals surface area contributed by atoms with E-state index in [1.165, 1.54) is 11.1 Å². The third-order valence-electron chi connectivity index (χ3n) is 5.92. The Morgan fingerprint density at radius 2 is 1.52 bits per heavy atom. The number of rotatable bonds is 6. The molecule has 0 aliphatic carbocycles. The molecule has 0 bridgehead atoms. The van der Waals surface area contributed by atoms with Crippen LogP contribution in [-0.4, -0.2) is 48.9 Å². The summed E-state index contributed by atoms with van der Waals surface area (Å²) in [4.78, 5) is 40.5. The molecule has 2 heterocycles. The molecule has 0 fully saturated rings. The lowest BCUT2D eigenvalue weighted by Gasteiger charge is -2.29. The predicted octanol–water partition coefficient (Wildman–Crippen LogP) is 2.24. The number of carbonyl (C=O) groups excluding carboxylic acids is 3. The van der Waals surface area contributed by atoms with Crippen molar-refractivity contribution in [3.05, 3.63) is 65.2 Å². The summed E-state index contributed by atoms with van der Waals surface area (Å²) < 4.78 is 0. The first-order valence-electron chi connectivity index (χ1n) is 10.9. The maximum atomic E-state index is 12.5. The predicted molar refractivity (Wildman–Crippen MR) is 119 cm³/mol. The zero-order valence-corrected chi connectivity index (χ0v) is 17.6. The molecule has 4 rings (SSSR count). The molecule has 31 heavy (non-hydrogen) atoms. The minimum atomic E-state index is -0.389. The van der Waals surface area contributed by atoms with E-state index < -0.39 is 0 Å². The average Bonchev–Trinajstić information content (AvgIpc) is 3.24. The van der Waals surface area contributed by atoms with Gasteiger partial charge in [-0.3, -0.25) is 9.59 Å². The molecule has 0 aromatic heterocycles. The molecule has 0 atom stereocenters. The molecule has 2 N–H and O–H groups in total. The highest BCUT2D eigenvalue weighted by molar-refractivity contribution is 5.98. The van der Waals surface area contributed by atoms with Crippen LogP contribution >= 0.6 is 0 Å². The van der Waals surface area contributed by atoms with Crippen molar-refractivity contribution < 1.29 is 14.4 Å². The number of amides is 4. The molecule has 0 saturated heterocycles. The van der Waals surface area contributed by atoms with Gasteiger partial charge in [0.15, 0.2) is 0 Å². The third kappa shape index (κ3) is 5.05. The standard InChI is InChI=1S/C24H28N4O3/c29-22(27-14-11-18-6-1-2-8-20(18)17-27)10-5-13-25-24(31)26-16-23(30)28-15-12-19-7-3-4-9-21(19)28/h1-4,6-9H,5,10-17H2,(H2,25,26,31). The minimum absolute atomic E-state index is 0.0493. The van der Waals surface area contributed by atoms with Crippen molar-refractivity contribution in [2.75, 3.05) is 31.1 Å². The van der Waals surface area contributed by atoms with Gasteiger partial charge in [-0.1, -0.05) is 42.5 Å². The summed E-state index contributed by atoms with van der Waals surface area (Å²) in [6.45, 7) is 2.38. The van der Waals surface area contributed by atoms with Gasteiger partial charge in [0.1, 0.15) is 0 Å². The Bertz CT molecular complexity index is 975. The van der Waals surface area contributed by atoms with Gasteiger partial charge in [-0.2, -0.15) is 0 Å². The highest BCUT2D eigenvalue weighted by atomic mass is 16.2. The number of hydrogen-bond donors (Lipinski definition) is 2. The summed E-state index contributed by atoms with van der Waals surface area (Å²) in [5, 5.41) is 5.35. The van der Waals surface area contributed by atoms with Crippen molar-refractivity contribution in [1.82, 2.24) is 15.5 Å². The van der Waals surface area contributed by atoms with E-state index in [4.69, 9.17) is 0 Å². The van der Waals surface area contributed by atoms with Crippen molar-refractivity contribution in [2.24, 2.45) is 0 Å². The van der Waals surface area contributed by atoms with E-state index in [-0.39, 0.29) is 24.4 Å². The van der Waals surface area contributed by atoms with Crippen LogP contribution in [0.3, 0.4) is 0 Å². The van der Waals surface area contributed by atoms with Crippen LogP contribution in [0.5, 0.6) is 0 Å². The number of urea groups is 1. The van der Waals surface area contributed by atoms with Crippen LogP contribution in [0.15, 0.2) is 48.5 Å². The molecule has 7 heteroatoms. The molecule has 2 aromatic rings. The van der Waals surface area contributed by atoms with E-state index in [0.29, 0.717) is 32.5 Å². The van der Waals surface area contributed by atoms with Crippen LogP contribution in [0.4, 0.5) is 10.5 Å². The maximum Gasteiger partial charge on any atom is 0.315 e. The number of fused-ring (bicyclic) bond motifs is 2. The van der Waals surface area contributed by atoms with Gasteiger partial charge in [-0.15, -0.1) is 0 Å². The Kier molecular flexibility index (Phi) is 6.50. The van der Waals surface area contributed by atoms with Gasteiger partial charge in [0.2, 0.25) is 11.8 Å². The number of nitrogens with one attached hydrogen (secondary N) is 2. The first kappa shape index (κ1) is 20.9. The molecule has 0 saturated carbocycles. The van der Waals surface area contributed by atoms with Gasteiger partial charge in [0.05, 0.1) is 6.54 Å². The summed E-state index contributed by atoms with van der Waals surface area (Å²) in [6.07, 6.45) is 2.69. The monoisotopic (exact) mass is 420 g/mol. The highest BCUT2D eigenvalue weighted by Gasteiger charge is 2.24. The summed E-state index contributed by atoms with van der Waals surface area (Å²) in [5.74, 6) is -0.0137. The third-order valence-corrected chi connectivity index (χ3v) is 5.92. The molecule has 2 aromatic carbocycles. The second-order valence-electron chi connectivity index (χ2n) is 7.97. The smallest absolute Gasteiger partial charge is 0.315 e. The number of hydrogen-bond acceptors (Lipinski definition) is 3. The van der Waals surface area contributed by atoms with Crippen LogP contribution in [0, 0.1) is 0 Å². The van der Waals surface area contributed by atoms with E-state index in [1.807, 2.05) is 41.3 Å². The lowest BCUT2D eigenvalue weighted by atomic mass is 9.99. The van der Waals surface area contributed by atoms with Gasteiger partial charge in [0, 0.05) is 38.3 Å². The molecule has 0 spiro atoms. The topological polar surface area (TPSA) is 81.8 Å². The van der Waals surface area contributed by atoms with Crippen molar-refractivity contribution in [1.29, 1.82) is 0 Å². The first-order chi connectivity index (χ1) is 15.1. The summed E-state index contributed by atoms with van der Waals surface area (Å²) >= 11 is 0. The SMILES string of the molecule is O=C(NCCCC(=O)N1CCc2ccccc2C1)NCC(=O)N1CCc2ccccc21. The lowest BCUT2D eigenvalue weighted by Crippen LogP contribution is -2.43. The van der Waals surface area contributed by atoms with E-state index in [2.05, 4.69) is 22.8 Å². The molecule has 0 unspecified atom stereocenters. The van der Waals surface area contributed by atoms with Crippen molar-refractivity contribution in [2.45, 2.75) is 32.2 Å². The second-order valence-corrected chi connectivity index (χ2v) is 7.97. The molecule has 7 nitrogen and oxygen atoms in total. The number of nitrogens with zero attached hydrogens (tertiary/aromatic N) is 2. The molecular formula is C24H28N4O3. The Balaban J connectivity index is 1.13. The average molecular weight is 421 g/mol. The zero-order valence-electron chi connectivity index (χ0n) is 17.6. The van der Waals surface area contributed by atoms with Crippen molar-refractivity contribution in [3.63, 3.8) is 0 Å². The number of anilines is 1. The molecule has 2 aliphatic rings. The highest BCUT2D eigenvalue weighted by Crippen LogP contribution is 2.27. The molecule has 162 valence electrons. The van der Waals surface area contributed by atoms with Gasteiger partial charge < -0.3 is 20.4 Å². The summed E-state index contributed by atoms with van der Waals surface area (Å²) in [7, 11) is 0. The van der Waals surface area contributed by atoms with Gasteiger partial charge >= 0.3 is 6.03 Å². The summed E-state index contributed by atoms with van der Waals surface area (Å²) in [5.41, 5.74) is 4.61. The van der Waals surface area contributed by atoms with E-state index >= 15 is 0 Å². The second kappa shape index (κ2) is 9.64. The Morgan fingerprint density at radius 1 is 0.806 bits per heavy atom. The van der Waals surface area contributed by atoms with Gasteiger partial charge in [0.25, 0.3) is 0 Å². The lowest BCUT2D eigenvalue weighted by molar-refractivity contribution is -0.132. The van der Waals surface area contributed by atoms with E-state index in [1.54, 1.807) is 4.90 Å². The van der Waals surface area contributed by atoms with E-state index in [0.717, 1.165) is 30.6 Å². The number of benzene rings is 2. The molecule has 4 amide bonds. The maximum absolute atomic E-state index is 12.5. The van der Waals surface area contributed by atoms with Crippen LogP contribution in [-0.2, 0) is 29.0 Å². The largest absolute Gasteiger partial charge is 0.338 e. The Hall–Kier alpha value is -3.35. The van der Waals surface area contributed by atoms with E-state index in [9.17, 15) is 14.4 Å². The number of para-hydroxylation sites is 1. The fourth-order valence-corrected chi connectivity index (χ4v) is 4.22.